The maximum absolute atomic E-state index is 12.2. The highest BCUT2D eigenvalue weighted by molar-refractivity contribution is 6.33. The topological polar surface area (TPSA) is 90.7 Å². The highest BCUT2D eigenvalue weighted by atomic mass is 35.5. The van der Waals surface area contributed by atoms with Gasteiger partial charge in [-0.25, -0.2) is 4.79 Å². The van der Waals surface area contributed by atoms with Crippen molar-refractivity contribution in [1.29, 1.82) is 0 Å². The molecule has 3 atom stereocenters. The van der Waals surface area contributed by atoms with Crippen LogP contribution in [0.15, 0.2) is 12.1 Å². The summed E-state index contributed by atoms with van der Waals surface area (Å²) in [4.78, 5) is 24.3. The number of anilines is 1. The zero-order chi connectivity index (χ0) is 18.6. The summed E-state index contributed by atoms with van der Waals surface area (Å²) >= 11 is 5.94. The third-order valence-electron chi connectivity index (χ3n) is 4.93. The number of nitrogens with one attached hydrogen (secondary N) is 1. The third kappa shape index (κ3) is 4.78. The van der Waals surface area contributed by atoms with Gasteiger partial charge < -0.3 is 20.5 Å². The van der Waals surface area contributed by atoms with Crippen molar-refractivity contribution in [3.8, 4) is 5.75 Å². The highest BCUT2D eigenvalue weighted by Crippen LogP contribution is 2.30. The predicted octanol–water partition coefficient (Wildman–Crippen LogP) is 3.03. The minimum absolute atomic E-state index is 0.121. The number of carbonyl (C=O) groups excluding carboxylic acids is 2. The van der Waals surface area contributed by atoms with Crippen LogP contribution < -0.4 is 15.8 Å². The SMILES string of the molecule is COc1cc(N)c(Cl)cc1C(=O)OCC(=O)N[C@@H]1CCC[C@H](C)[C@@H]1C. The summed E-state index contributed by atoms with van der Waals surface area (Å²) in [7, 11) is 1.41. The Kier molecular flexibility index (Phi) is 6.53. The molecule has 25 heavy (non-hydrogen) atoms. The lowest BCUT2D eigenvalue weighted by molar-refractivity contribution is -0.125. The van der Waals surface area contributed by atoms with Gasteiger partial charge in [0.1, 0.15) is 11.3 Å². The first-order chi connectivity index (χ1) is 11.8. The molecule has 2 rings (SSSR count). The van der Waals surface area contributed by atoms with E-state index in [0.717, 1.165) is 12.8 Å². The van der Waals surface area contributed by atoms with E-state index in [0.29, 0.717) is 17.5 Å². The van der Waals surface area contributed by atoms with E-state index >= 15 is 0 Å². The highest BCUT2D eigenvalue weighted by Gasteiger charge is 2.28. The number of rotatable bonds is 5. The van der Waals surface area contributed by atoms with E-state index in [1.165, 1.54) is 25.7 Å². The number of ether oxygens (including phenoxy) is 2. The van der Waals surface area contributed by atoms with E-state index in [1.54, 1.807) is 0 Å². The van der Waals surface area contributed by atoms with Gasteiger partial charge in [-0.2, -0.15) is 0 Å². The number of halogens is 1. The summed E-state index contributed by atoms with van der Waals surface area (Å²) in [6, 6.07) is 2.95. The van der Waals surface area contributed by atoms with Crippen LogP contribution in [0.4, 0.5) is 5.69 Å². The molecule has 1 fully saturated rings. The normalized spacial score (nSPS) is 23.0. The molecule has 1 aliphatic carbocycles. The Bertz CT molecular complexity index is 650. The van der Waals surface area contributed by atoms with Gasteiger partial charge in [0.25, 0.3) is 5.91 Å². The lowest BCUT2D eigenvalue weighted by Gasteiger charge is -2.34. The second-order valence-corrected chi connectivity index (χ2v) is 7.00. The fourth-order valence-electron chi connectivity index (χ4n) is 3.14. The summed E-state index contributed by atoms with van der Waals surface area (Å²) in [5.41, 5.74) is 6.12. The molecule has 7 heteroatoms. The van der Waals surface area contributed by atoms with Crippen molar-refractivity contribution in [3.05, 3.63) is 22.7 Å². The smallest absolute Gasteiger partial charge is 0.342 e. The van der Waals surface area contributed by atoms with Crippen LogP contribution in [-0.4, -0.2) is 31.6 Å². The molecule has 0 bridgehead atoms. The molecule has 138 valence electrons. The van der Waals surface area contributed by atoms with Gasteiger partial charge in [0.05, 0.1) is 17.8 Å². The summed E-state index contributed by atoms with van der Waals surface area (Å²) in [5.74, 6) is 0.244. The maximum atomic E-state index is 12.2. The molecule has 1 aromatic carbocycles. The molecule has 0 saturated heterocycles. The number of amides is 1. The largest absolute Gasteiger partial charge is 0.496 e. The average Bonchev–Trinajstić information content (AvgIpc) is 2.58. The molecule has 0 radical (unpaired) electrons. The van der Waals surface area contributed by atoms with Gasteiger partial charge in [-0.1, -0.05) is 38.3 Å². The molecule has 0 spiro atoms. The van der Waals surface area contributed by atoms with Crippen LogP contribution in [0.3, 0.4) is 0 Å². The minimum atomic E-state index is -0.682. The van der Waals surface area contributed by atoms with Crippen LogP contribution in [0.1, 0.15) is 43.5 Å². The molecule has 1 aromatic rings. The number of nitrogen functional groups attached to an aromatic ring is 1. The minimum Gasteiger partial charge on any atom is -0.496 e. The van der Waals surface area contributed by atoms with E-state index in [-0.39, 0.29) is 34.9 Å². The average molecular weight is 369 g/mol. The number of benzene rings is 1. The Morgan fingerprint density at radius 3 is 2.72 bits per heavy atom. The number of nitrogens with two attached hydrogens (primary N) is 1. The van der Waals surface area contributed by atoms with Crippen LogP contribution in [0, 0.1) is 11.8 Å². The lowest BCUT2D eigenvalue weighted by Crippen LogP contribution is -2.45. The van der Waals surface area contributed by atoms with Crippen molar-refractivity contribution in [3.63, 3.8) is 0 Å². The van der Waals surface area contributed by atoms with Crippen LogP contribution in [0.2, 0.25) is 5.02 Å². The standard InChI is InChI=1S/C18H25ClN2O4/c1-10-5-4-6-15(11(10)2)21-17(22)9-25-18(23)12-7-13(19)14(20)8-16(12)24-3/h7-8,10-11,15H,4-6,9,20H2,1-3H3,(H,21,22)/t10-,11-,15+/m0/s1. The summed E-state index contributed by atoms with van der Waals surface area (Å²) in [6.07, 6.45) is 3.23. The molecule has 3 N–H and O–H groups in total. The van der Waals surface area contributed by atoms with E-state index in [9.17, 15) is 9.59 Å². The quantitative estimate of drug-likeness (QED) is 0.615. The van der Waals surface area contributed by atoms with E-state index < -0.39 is 5.97 Å². The fraction of sp³-hybridized carbons (Fsp3) is 0.556. The molecule has 1 amide bonds. The monoisotopic (exact) mass is 368 g/mol. The van der Waals surface area contributed by atoms with Gasteiger partial charge in [-0.15, -0.1) is 0 Å². The first-order valence-electron chi connectivity index (χ1n) is 8.43. The Hall–Kier alpha value is -1.95. The molecule has 6 nitrogen and oxygen atoms in total. The number of esters is 1. The maximum Gasteiger partial charge on any atom is 0.342 e. The Morgan fingerprint density at radius 1 is 1.32 bits per heavy atom. The zero-order valence-electron chi connectivity index (χ0n) is 14.8. The van der Waals surface area contributed by atoms with Crippen LogP contribution in [-0.2, 0) is 9.53 Å². The van der Waals surface area contributed by atoms with Crippen molar-refractivity contribution in [1.82, 2.24) is 5.32 Å². The van der Waals surface area contributed by atoms with Gasteiger partial charge in [0.2, 0.25) is 0 Å². The Morgan fingerprint density at radius 2 is 2.04 bits per heavy atom. The summed E-state index contributed by atoms with van der Waals surface area (Å²) < 4.78 is 10.2. The summed E-state index contributed by atoms with van der Waals surface area (Å²) in [6.45, 7) is 3.99. The number of hydrogen-bond acceptors (Lipinski definition) is 5. The molecule has 0 aliphatic heterocycles. The first kappa shape index (κ1) is 19.4. The van der Waals surface area contributed by atoms with Gasteiger partial charge >= 0.3 is 5.97 Å². The molecule has 0 unspecified atom stereocenters. The fourth-order valence-corrected chi connectivity index (χ4v) is 3.30. The van der Waals surface area contributed by atoms with Crippen molar-refractivity contribution in [2.75, 3.05) is 19.5 Å². The number of carbonyl (C=O) groups is 2. The molecule has 1 saturated carbocycles. The molecular formula is C18H25ClN2O4. The van der Waals surface area contributed by atoms with Gasteiger partial charge in [0.15, 0.2) is 6.61 Å². The van der Waals surface area contributed by atoms with Crippen molar-refractivity contribution in [2.24, 2.45) is 11.8 Å². The van der Waals surface area contributed by atoms with Crippen LogP contribution in [0.25, 0.3) is 0 Å². The second-order valence-electron chi connectivity index (χ2n) is 6.59. The Balaban J connectivity index is 1.93. The zero-order valence-corrected chi connectivity index (χ0v) is 15.6. The lowest BCUT2D eigenvalue weighted by atomic mass is 9.78. The van der Waals surface area contributed by atoms with Gasteiger partial charge in [0, 0.05) is 12.1 Å². The second kappa shape index (κ2) is 8.43. The van der Waals surface area contributed by atoms with E-state index in [1.807, 2.05) is 0 Å². The first-order valence-corrected chi connectivity index (χ1v) is 8.80. The molecular weight excluding hydrogens is 344 g/mol. The van der Waals surface area contributed by atoms with E-state index in [2.05, 4.69) is 19.2 Å². The number of hydrogen-bond donors (Lipinski definition) is 2. The van der Waals surface area contributed by atoms with Gasteiger partial charge in [-0.3, -0.25) is 4.79 Å². The molecule has 0 heterocycles. The van der Waals surface area contributed by atoms with E-state index in [4.69, 9.17) is 26.8 Å². The number of methoxy groups -OCH3 is 1. The Labute approximate surface area is 153 Å². The van der Waals surface area contributed by atoms with Crippen molar-refractivity contribution < 1.29 is 19.1 Å². The van der Waals surface area contributed by atoms with Crippen LogP contribution >= 0.6 is 11.6 Å². The molecule has 1 aliphatic rings. The molecule has 0 aromatic heterocycles. The van der Waals surface area contributed by atoms with Crippen LogP contribution in [0.5, 0.6) is 5.75 Å². The summed E-state index contributed by atoms with van der Waals surface area (Å²) in [5, 5.41) is 3.19. The van der Waals surface area contributed by atoms with Gasteiger partial charge in [-0.05, 0) is 24.3 Å². The predicted molar refractivity (Wildman–Crippen MR) is 96.8 cm³/mol. The third-order valence-corrected chi connectivity index (χ3v) is 5.25. The van der Waals surface area contributed by atoms with Crippen molar-refractivity contribution >= 4 is 29.2 Å². The van der Waals surface area contributed by atoms with Crippen molar-refractivity contribution in [2.45, 2.75) is 39.2 Å².